The molecule has 1 aliphatic heterocycles. The highest BCUT2D eigenvalue weighted by Gasteiger charge is 2.29. The van der Waals surface area contributed by atoms with Gasteiger partial charge in [-0.3, -0.25) is 14.6 Å². The van der Waals surface area contributed by atoms with Crippen LogP contribution in [0.5, 0.6) is 0 Å². The number of aromatic nitrogens is 1. The zero-order valence-corrected chi connectivity index (χ0v) is 5.44. The number of fused-ring (bicyclic) bond motifs is 1. The molecule has 2 heterocycles. The summed E-state index contributed by atoms with van der Waals surface area (Å²) in [6, 6.07) is 3.14. The molecule has 53 valence electrons. The summed E-state index contributed by atoms with van der Waals surface area (Å²) in [6.07, 6.45) is 1.46. The lowest BCUT2D eigenvalue weighted by atomic mass is 10.2. The molecule has 0 spiro atoms. The summed E-state index contributed by atoms with van der Waals surface area (Å²) in [5.74, 6) is -1.02. The third-order valence-corrected chi connectivity index (χ3v) is 1.44. The van der Waals surface area contributed by atoms with Gasteiger partial charge in [-0.25, -0.2) is 0 Å². The van der Waals surface area contributed by atoms with E-state index in [1.807, 2.05) is 0 Å². The quantitative estimate of drug-likeness (QED) is 0.484. The summed E-state index contributed by atoms with van der Waals surface area (Å²) in [4.78, 5) is 25.4. The van der Waals surface area contributed by atoms with E-state index in [4.69, 9.17) is 0 Å². The first-order valence-electron chi connectivity index (χ1n) is 3.04. The number of nitrogens with zero attached hydrogens (tertiary/aromatic N) is 2. The van der Waals surface area contributed by atoms with E-state index >= 15 is 0 Å². The maximum atomic E-state index is 10.8. The molecular weight excluding hydrogens is 144 g/mol. The Bertz CT molecular complexity index is 313. The van der Waals surface area contributed by atoms with Crippen molar-refractivity contribution in [3.05, 3.63) is 29.6 Å². The van der Waals surface area contributed by atoms with E-state index in [9.17, 15) is 9.59 Å². The van der Waals surface area contributed by atoms with Crippen molar-refractivity contribution in [1.82, 2.24) is 10.3 Å². The second-order valence-electron chi connectivity index (χ2n) is 2.12. The highest BCUT2D eigenvalue weighted by atomic mass is 16.2. The Kier molecular flexibility index (Phi) is 1.03. The third-order valence-electron chi connectivity index (χ3n) is 1.44. The average Bonchev–Trinajstić information content (AvgIpc) is 2.30. The molecule has 4 heteroatoms. The van der Waals surface area contributed by atoms with Gasteiger partial charge in [0, 0.05) is 6.20 Å². The Hall–Kier alpha value is -1.71. The van der Waals surface area contributed by atoms with Gasteiger partial charge in [0.1, 0.15) is 5.69 Å². The van der Waals surface area contributed by atoms with E-state index in [0.29, 0.717) is 5.56 Å². The molecule has 2 amide bonds. The van der Waals surface area contributed by atoms with E-state index in [0.717, 1.165) is 0 Å². The van der Waals surface area contributed by atoms with E-state index < -0.39 is 11.8 Å². The molecule has 0 saturated carbocycles. The first kappa shape index (κ1) is 6.03. The average molecular weight is 147 g/mol. The molecule has 0 unspecified atom stereocenters. The molecule has 0 N–H and O–H groups in total. The first-order valence-corrected chi connectivity index (χ1v) is 3.04. The van der Waals surface area contributed by atoms with Gasteiger partial charge in [-0.05, 0) is 12.1 Å². The van der Waals surface area contributed by atoms with Crippen LogP contribution in [-0.2, 0) is 0 Å². The van der Waals surface area contributed by atoms with E-state index in [1.54, 1.807) is 12.1 Å². The van der Waals surface area contributed by atoms with Crippen molar-refractivity contribution in [1.29, 1.82) is 0 Å². The van der Waals surface area contributed by atoms with Crippen molar-refractivity contribution < 1.29 is 9.59 Å². The second kappa shape index (κ2) is 1.88. The van der Waals surface area contributed by atoms with Crippen LogP contribution in [-0.4, -0.2) is 16.8 Å². The smallest absolute Gasteiger partial charge is 0.267 e. The minimum Gasteiger partial charge on any atom is -0.267 e. The highest BCUT2D eigenvalue weighted by Crippen LogP contribution is 2.12. The molecule has 11 heavy (non-hydrogen) atoms. The monoisotopic (exact) mass is 147 g/mol. The lowest BCUT2D eigenvalue weighted by Crippen LogP contribution is -2.11. The predicted octanol–water partition coefficient (Wildman–Crippen LogP) is -0.0200. The zero-order valence-electron chi connectivity index (χ0n) is 5.44. The molecule has 1 aromatic rings. The van der Waals surface area contributed by atoms with Crippen molar-refractivity contribution in [2.24, 2.45) is 0 Å². The maximum absolute atomic E-state index is 10.8. The third kappa shape index (κ3) is 0.724. The lowest BCUT2D eigenvalue weighted by molar-refractivity contribution is 0.0872. The van der Waals surface area contributed by atoms with Gasteiger partial charge in [0.2, 0.25) is 0 Å². The summed E-state index contributed by atoms with van der Waals surface area (Å²) in [6.45, 7) is 0. The summed E-state index contributed by atoms with van der Waals surface area (Å²) in [5, 5.41) is 3.22. The number of hydrogen-bond donors (Lipinski definition) is 0. The first-order chi connectivity index (χ1) is 5.29. The molecule has 0 bridgehead atoms. The molecule has 4 nitrogen and oxygen atoms in total. The Balaban J connectivity index is 2.69. The summed E-state index contributed by atoms with van der Waals surface area (Å²) in [5.41, 5.74) is 0.468. The Morgan fingerprint density at radius 3 is 2.73 bits per heavy atom. The summed E-state index contributed by atoms with van der Waals surface area (Å²) < 4.78 is 0. The van der Waals surface area contributed by atoms with Crippen molar-refractivity contribution in [3.63, 3.8) is 0 Å². The lowest BCUT2D eigenvalue weighted by Gasteiger charge is -1.87. The minimum absolute atomic E-state index is 0.164. The van der Waals surface area contributed by atoms with Crippen molar-refractivity contribution in [2.45, 2.75) is 0 Å². The van der Waals surface area contributed by atoms with Gasteiger partial charge < -0.3 is 0 Å². The summed E-state index contributed by atoms with van der Waals surface area (Å²) >= 11 is 0. The topological polar surface area (TPSA) is 61.1 Å². The SMILES string of the molecule is O=C1[N]C(=O)c2ncccc21. The fourth-order valence-electron chi connectivity index (χ4n) is 0.954. The van der Waals surface area contributed by atoms with Crippen LogP contribution >= 0.6 is 0 Å². The molecule has 1 radical (unpaired) electrons. The van der Waals surface area contributed by atoms with Gasteiger partial charge in [0.05, 0.1) is 5.56 Å². The van der Waals surface area contributed by atoms with E-state index in [-0.39, 0.29) is 5.69 Å². The number of amides is 2. The molecule has 1 aliphatic rings. The van der Waals surface area contributed by atoms with Crippen LogP contribution in [0.4, 0.5) is 0 Å². The number of hydrogen-bond acceptors (Lipinski definition) is 3. The molecule has 1 aromatic heterocycles. The van der Waals surface area contributed by atoms with E-state index in [2.05, 4.69) is 10.3 Å². The van der Waals surface area contributed by atoms with Gasteiger partial charge in [-0.1, -0.05) is 0 Å². The maximum Gasteiger partial charge on any atom is 0.299 e. The number of pyridine rings is 1. The van der Waals surface area contributed by atoms with Crippen LogP contribution in [0, 0.1) is 0 Å². The molecular formula is C7H3N2O2. The number of rotatable bonds is 0. The molecule has 2 rings (SSSR count). The minimum atomic E-state index is -0.536. The Morgan fingerprint density at radius 1 is 1.18 bits per heavy atom. The molecule has 0 aromatic carbocycles. The normalized spacial score (nSPS) is 14.5. The Morgan fingerprint density at radius 2 is 2.00 bits per heavy atom. The van der Waals surface area contributed by atoms with Crippen LogP contribution in [0.3, 0.4) is 0 Å². The fourth-order valence-corrected chi connectivity index (χ4v) is 0.954. The largest absolute Gasteiger partial charge is 0.299 e. The van der Waals surface area contributed by atoms with E-state index in [1.165, 1.54) is 6.20 Å². The summed E-state index contributed by atoms with van der Waals surface area (Å²) in [7, 11) is 0. The molecule has 0 atom stereocenters. The van der Waals surface area contributed by atoms with Crippen LogP contribution in [0.25, 0.3) is 0 Å². The Labute approximate surface area is 62.2 Å². The number of carbonyl (C=O) groups excluding carboxylic acids is 2. The molecule has 0 fully saturated rings. The van der Waals surface area contributed by atoms with Crippen LogP contribution in [0.2, 0.25) is 0 Å². The fraction of sp³-hybridized carbons (Fsp3) is 0. The number of imide groups is 1. The van der Waals surface area contributed by atoms with Gasteiger partial charge in [0.15, 0.2) is 0 Å². The van der Waals surface area contributed by atoms with Gasteiger partial charge in [-0.15, -0.1) is 0 Å². The van der Waals surface area contributed by atoms with Crippen molar-refractivity contribution >= 4 is 11.8 Å². The van der Waals surface area contributed by atoms with Gasteiger partial charge >= 0.3 is 0 Å². The van der Waals surface area contributed by atoms with Crippen LogP contribution < -0.4 is 5.32 Å². The number of carbonyl (C=O) groups is 2. The van der Waals surface area contributed by atoms with Crippen LogP contribution in [0.15, 0.2) is 18.3 Å². The highest BCUT2D eigenvalue weighted by molar-refractivity contribution is 6.20. The standard InChI is InChI=1S/C7H3N2O2/c10-6-4-2-1-3-8-5(4)7(11)9-6/h1-3H. The van der Waals surface area contributed by atoms with Crippen molar-refractivity contribution in [2.75, 3.05) is 0 Å². The zero-order chi connectivity index (χ0) is 7.84. The van der Waals surface area contributed by atoms with Crippen molar-refractivity contribution in [3.8, 4) is 0 Å². The van der Waals surface area contributed by atoms with Gasteiger partial charge in [0.25, 0.3) is 11.8 Å². The molecule has 0 aliphatic carbocycles. The predicted molar refractivity (Wildman–Crippen MR) is 35.0 cm³/mol. The van der Waals surface area contributed by atoms with Gasteiger partial charge in [-0.2, -0.15) is 5.32 Å². The second-order valence-corrected chi connectivity index (χ2v) is 2.12. The molecule has 0 saturated heterocycles. The van der Waals surface area contributed by atoms with Crippen LogP contribution in [0.1, 0.15) is 20.8 Å².